The van der Waals surface area contributed by atoms with Gasteiger partial charge in [0.05, 0.1) is 17.8 Å². The van der Waals surface area contributed by atoms with Gasteiger partial charge in [0, 0.05) is 24.5 Å². The molecule has 1 aromatic heterocycles. The molecular weight excluding hydrogens is 266 g/mol. The van der Waals surface area contributed by atoms with Gasteiger partial charge in [0.15, 0.2) is 0 Å². The van der Waals surface area contributed by atoms with Crippen LogP contribution in [0.15, 0.2) is 30.6 Å². The molecule has 6 nitrogen and oxygen atoms in total. The Labute approximate surface area is 115 Å². The van der Waals surface area contributed by atoms with Crippen molar-refractivity contribution in [3.63, 3.8) is 0 Å². The Bertz CT molecular complexity index is 570. The number of nitrogens with two attached hydrogens (primary N) is 1. The molecule has 1 aromatic carbocycles. The van der Waals surface area contributed by atoms with Crippen LogP contribution >= 0.6 is 11.6 Å². The quantitative estimate of drug-likeness (QED) is 0.586. The van der Waals surface area contributed by atoms with E-state index in [9.17, 15) is 4.79 Å². The number of hydrogen-bond donors (Lipinski definition) is 3. The van der Waals surface area contributed by atoms with E-state index in [0.29, 0.717) is 28.6 Å². The van der Waals surface area contributed by atoms with Crippen molar-refractivity contribution >= 4 is 23.2 Å². The number of rotatable bonds is 4. The van der Waals surface area contributed by atoms with Crippen LogP contribution in [-0.2, 0) is 6.54 Å². The van der Waals surface area contributed by atoms with E-state index in [0.717, 1.165) is 0 Å². The number of carbonyl (C=O) groups excluding carboxylic acids is 1. The molecule has 0 aliphatic heterocycles. The predicted molar refractivity (Wildman–Crippen MR) is 73.6 cm³/mol. The number of amides is 1. The van der Waals surface area contributed by atoms with Gasteiger partial charge in [0.1, 0.15) is 5.82 Å². The van der Waals surface area contributed by atoms with E-state index < -0.39 is 0 Å². The van der Waals surface area contributed by atoms with Gasteiger partial charge in [-0.25, -0.2) is 4.98 Å². The van der Waals surface area contributed by atoms with Crippen LogP contribution in [0, 0.1) is 0 Å². The molecule has 0 aliphatic carbocycles. The van der Waals surface area contributed by atoms with Crippen molar-refractivity contribution in [1.82, 2.24) is 14.9 Å². The zero-order valence-electron chi connectivity index (χ0n) is 10.4. The van der Waals surface area contributed by atoms with Crippen molar-refractivity contribution in [3.05, 3.63) is 47.0 Å². The lowest BCUT2D eigenvalue weighted by molar-refractivity contribution is 0.0783. The molecule has 0 aliphatic rings. The van der Waals surface area contributed by atoms with Crippen LogP contribution in [0.2, 0.25) is 5.02 Å². The van der Waals surface area contributed by atoms with Gasteiger partial charge < -0.3 is 15.3 Å². The van der Waals surface area contributed by atoms with Crippen LogP contribution in [0.4, 0.5) is 5.69 Å². The second kappa shape index (κ2) is 5.73. The molecule has 7 heteroatoms. The van der Waals surface area contributed by atoms with Crippen LogP contribution in [0.3, 0.4) is 0 Å². The van der Waals surface area contributed by atoms with Gasteiger partial charge in [-0.3, -0.25) is 10.6 Å². The standard InChI is InChI=1S/C12H14ClN5O/c1-18(7-11-15-4-5-16-11)12(19)9-6-8(13)2-3-10(9)17-14/h2-6,17H,7,14H2,1H3,(H,15,16). The first kappa shape index (κ1) is 13.4. The Balaban J connectivity index is 2.21. The van der Waals surface area contributed by atoms with Gasteiger partial charge in [-0.2, -0.15) is 0 Å². The summed E-state index contributed by atoms with van der Waals surface area (Å²) in [5, 5.41) is 0.480. The van der Waals surface area contributed by atoms with Crippen LogP contribution < -0.4 is 11.3 Å². The first-order chi connectivity index (χ1) is 9.11. The fourth-order valence-electron chi connectivity index (χ4n) is 1.71. The maximum Gasteiger partial charge on any atom is 0.256 e. The monoisotopic (exact) mass is 279 g/mol. The molecule has 0 fully saturated rings. The van der Waals surface area contributed by atoms with E-state index in [1.165, 1.54) is 4.90 Å². The molecule has 19 heavy (non-hydrogen) atoms. The molecule has 100 valence electrons. The highest BCUT2D eigenvalue weighted by Gasteiger charge is 2.17. The third-order valence-electron chi connectivity index (χ3n) is 2.66. The molecular formula is C12H14ClN5O. The van der Waals surface area contributed by atoms with Crippen LogP contribution in [-0.4, -0.2) is 27.8 Å². The molecule has 4 N–H and O–H groups in total. The van der Waals surface area contributed by atoms with Gasteiger partial charge in [-0.15, -0.1) is 0 Å². The Morgan fingerprint density at radius 2 is 2.37 bits per heavy atom. The number of aromatic nitrogens is 2. The maximum absolute atomic E-state index is 12.3. The van der Waals surface area contributed by atoms with Gasteiger partial charge in [-0.05, 0) is 18.2 Å². The number of benzene rings is 1. The summed E-state index contributed by atoms with van der Waals surface area (Å²) >= 11 is 5.91. The molecule has 0 bridgehead atoms. The SMILES string of the molecule is CN(Cc1ncc[nH]1)C(=O)c1cc(Cl)ccc1NN. The first-order valence-corrected chi connectivity index (χ1v) is 5.99. The Kier molecular flexibility index (Phi) is 4.03. The number of aromatic amines is 1. The van der Waals surface area contributed by atoms with E-state index in [1.54, 1.807) is 37.6 Å². The van der Waals surface area contributed by atoms with Gasteiger partial charge in [0.2, 0.25) is 0 Å². The van der Waals surface area contributed by atoms with Crippen LogP contribution in [0.25, 0.3) is 0 Å². The average molecular weight is 280 g/mol. The van der Waals surface area contributed by atoms with E-state index in [-0.39, 0.29) is 5.91 Å². The number of halogens is 1. The lowest BCUT2D eigenvalue weighted by Crippen LogP contribution is -2.28. The van der Waals surface area contributed by atoms with E-state index in [1.807, 2.05) is 0 Å². The van der Waals surface area contributed by atoms with Crippen molar-refractivity contribution in [3.8, 4) is 0 Å². The van der Waals surface area contributed by atoms with E-state index in [2.05, 4.69) is 15.4 Å². The topological polar surface area (TPSA) is 87.0 Å². The normalized spacial score (nSPS) is 10.3. The van der Waals surface area contributed by atoms with Gasteiger partial charge in [-0.1, -0.05) is 11.6 Å². The number of nitrogens with one attached hydrogen (secondary N) is 2. The van der Waals surface area contributed by atoms with Crippen LogP contribution in [0.1, 0.15) is 16.2 Å². The number of nitrogens with zero attached hydrogens (tertiary/aromatic N) is 2. The number of carbonyl (C=O) groups is 1. The Morgan fingerprint density at radius 3 is 3.00 bits per heavy atom. The molecule has 0 radical (unpaired) electrons. The minimum Gasteiger partial charge on any atom is -0.347 e. The molecule has 0 atom stereocenters. The Morgan fingerprint density at radius 1 is 1.58 bits per heavy atom. The van der Waals surface area contributed by atoms with E-state index >= 15 is 0 Å². The lowest BCUT2D eigenvalue weighted by Gasteiger charge is -2.18. The second-order valence-electron chi connectivity index (χ2n) is 4.03. The summed E-state index contributed by atoms with van der Waals surface area (Å²) in [5.41, 5.74) is 3.44. The zero-order valence-corrected chi connectivity index (χ0v) is 11.1. The van der Waals surface area contributed by atoms with Crippen molar-refractivity contribution in [1.29, 1.82) is 0 Å². The highest BCUT2D eigenvalue weighted by molar-refractivity contribution is 6.31. The number of hydrogen-bond acceptors (Lipinski definition) is 4. The first-order valence-electron chi connectivity index (χ1n) is 5.61. The second-order valence-corrected chi connectivity index (χ2v) is 4.47. The highest BCUT2D eigenvalue weighted by atomic mass is 35.5. The van der Waals surface area contributed by atoms with Crippen LogP contribution in [0.5, 0.6) is 0 Å². The van der Waals surface area contributed by atoms with Gasteiger partial charge >= 0.3 is 0 Å². The molecule has 1 heterocycles. The largest absolute Gasteiger partial charge is 0.347 e. The number of imidazole rings is 1. The minimum atomic E-state index is -0.188. The summed E-state index contributed by atoms with van der Waals surface area (Å²) in [6, 6.07) is 4.91. The molecule has 2 aromatic rings. The zero-order chi connectivity index (χ0) is 13.8. The lowest BCUT2D eigenvalue weighted by atomic mass is 10.1. The number of anilines is 1. The van der Waals surface area contributed by atoms with Crippen molar-refractivity contribution in [2.75, 3.05) is 12.5 Å². The summed E-state index contributed by atoms with van der Waals surface area (Å²) in [6.07, 6.45) is 3.35. The fraction of sp³-hybridized carbons (Fsp3) is 0.167. The third-order valence-corrected chi connectivity index (χ3v) is 2.89. The molecule has 0 unspecified atom stereocenters. The summed E-state index contributed by atoms with van der Waals surface area (Å²) in [4.78, 5) is 20.9. The summed E-state index contributed by atoms with van der Waals surface area (Å²) in [5.74, 6) is 5.91. The number of nitrogen functional groups attached to an aromatic ring is 1. The fourth-order valence-corrected chi connectivity index (χ4v) is 1.88. The van der Waals surface area contributed by atoms with Crippen molar-refractivity contribution in [2.24, 2.45) is 5.84 Å². The average Bonchev–Trinajstić information content (AvgIpc) is 2.90. The number of H-pyrrole nitrogens is 1. The summed E-state index contributed by atoms with van der Waals surface area (Å²) in [7, 11) is 1.69. The van der Waals surface area contributed by atoms with Crippen molar-refractivity contribution < 1.29 is 4.79 Å². The smallest absolute Gasteiger partial charge is 0.256 e. The maximum atomic E-state index is 12.3. The minimum absolute atomic E-state index is 0.188. The highest BCUT2D eigenvalue weighted by Crippen LogP contribution is 2.21. The summed E-state index contributed by atoms with van der Waals surface area (Å²) < 4.78 is 0. The molecule has 0 saturated carbocycles. The van der Waals surface area contributed by atoms with E-state index in [4.69, 9.17) is 17.4 Å². The van der Waals surface area contributed by atoms with Gasteiger partial charge in [0.25, 0.3) is 5.91 Å². The third kappa shape index (κ3) is 3.04. The number of hydrazine groups is 1. The predicted octanol–water partition coefficient (Wildman–Crippen LogP) is 1.62. The molecule has 0 spiro atoms. The Hall–Kier alpha value is -2.05. The molecule has 1 amide bonds. The van der Waals surface area contributed by atoms with Crippen molar-refractivity contribution in [2.45, 2.75) is 6.54 Å². The molecule has 0 saturated heterocycles. The molecule has 2 rings (SSSR count). The summed E-state index contributed by atoms with van der Waals surface area (Å²) in [6.45, 7) is 0.377.